The van der Waals surface area contributed by atoms with E-state index in [0.29, 0.717) is 5.69 Å². The van der Waals surface area contributed by atoms with Gasteiger partial charge in [0.15, 0.2) is 0 Å². The largest absolute Gasteiger partial charge is 0.327 e. The molecule has 0 aromatic heterocycles. The van der Waals surface area contributed by atoms with Crippen LogP contribution in [-0.4, -0.2) is 63.2 Å². The van der Waals surface area contributed by atoms with Crippen molar-refractivity contribution in [2.24, 2.45) is 0 Å². The Morgan fingerprint density at radius 3 is 2.41 bits per heavy atom. The van der Waals surface area contributed by atoms with E-state index in [2.05, 4.69) is 5.32 Å². The van der Waals surface area contributed by atoms with Gasteiger partial charge >= 0.3 is 6.03 Å². The highest BCUT2D eigenvalue weighted by molar-refractivity contribution is 7.92. The molecule has 1 fully saturated rings. The summed E-state index contributed by atoms with van der Waals surface area (Å²) in [4.78, 5) is 37.9. The van der Waals surface area contributed by atoms with Crippen LogP contribution in [0.3, 0.4) is 0 Å². The van der Waals surface area contributed by atoms with Crippen molar-refractivity contribution in [3.05, 3.63) is 54.6 Å². The second-order valence-corrected chi connectivity index (χ2v) is 8.47. The van der Waals surface area contributed by atoms with Gasteiger partial charge in [-0.2, -0.15) is 0 Å². The average molecular weight is 416 g/mol. The van der Waals surface area contributed by atoms with Crippen LogP contribution < -0.4 is 9.62 Å². The minimum absolute atomic E-state index is 0.00490. The molecule has 1 saturated heterocycles. The Balaban J connectivity index is 1.75. The number of nitrogens with zero attached hydrogens (tertiary/aromatic N) is 3. The first-order chi connectivity index (χ1) is 13.7. The fraction of sp³-hybridized carbons (Fsp3) is 0.211. The number of benzene rings is 2. The third-order valence-corrected chi connectivity index (χ3v) is 6.21. The lowest BCUT2D eigenvalue weighted by Gasteiger charge is -2.20. The smallest absolute Gasteiger partial charge is 0.324 e. The minimum Gasteiger partial charge on any atom is -0.324 e. The number of carbonyl (C=O) groups excluding carboxylic acids is 3. The number of hydrogen-bond acceptors (Lipinski definition) is 5. The summed E-state index contributed by atoms with van der Waals surface area (Å²) >= 11 is 0. The number of carbonyl (C=O) groups is 3. The van der Waals surface area contributed by atoms with Gasteiger partial charge in [-0.05, 0) is 30.3 Å². The average Bonchev–Trinajstić information content (AvgIpc) is 2.94. The van der Waals surface area contributed by atoms with E-state index in [0.717, 1.165) is 9.21 Å². The molecule has 1 heterocycles. The summed E-state index contributed by atoms with van der Waals surface area (Å²) in [6, 6.07) is 13.8. The number of urea groups is 1. The van der Waals surface area contributed by atoms with E-state index < -0.39 is 34.4 Å². The molecule has 0 spiro atoms. The normalized spacial score (nSPS) is 14.3. The lowest BCUT2D eigenvalue weighted by atomic mass is 10.3. The van der Waals surface area contributed by atoms with Crippen molar-refractivity contribution in [3.8, 4) is 0 Å². The molecule has 2 aromatic carbocycles. The van der Waals surface area contributed by atoms with Gasteiger partial charge in [-0.1, -0.05) is 24.3 Å². The van der Waals surface area contributed by atoms with Gasteiger partial charge in [-0.15, -0.1) is 0 Å². The Morgan fingerprint density at radius 2 is 1.79 bits per heavy atom. The summed E-state index contributed by atoms with van der Waals surface area (Å²) < 4.78 is 26.9. The first-order valence-corrected chi connectivity index (χ1v) is 10.1. The molecule has 0 bridgehead atoms. The van der Waals surface area contributed by atoms with Crippen molar-refractivity contribution in [3.63, 3.8) is 0 Å². The zero-order chi connectivity index (χ0) is 21.2. The number of likely N-dealkylation sites (N-methyl/N-ethyl adjacent to an activating group) is 1. The molecule has 0 radical (unpaired) electrons. The molecule has 29 heavy (non-hydrogen) atoms. The molecule has 1 aliphatic heterocycles. The molecule has 152 valence electrons. The SMILES string of the molecule is CN1CC(=O)N(CC(=O)Nc2cccc(S(=O)(=O)N(C)c3ccccc3)c2)C1=O. The van der Waals surface area contributed by atoms with Crippen molar-refractivity contribution in [1.29, 1.82) is 0 Å². The van der Waals surface area contributed by atoms with Crippen molar-refractivity contribution in [2.75, 3.05) is 36.8 Å². The minimum atomic E-state index is -3.84. The highest BCUT2D eigenvalue weighted by Crippen LogP contribution is 2.23. The predicted molar refractivity (Wildman–Crippen MR) is 107 cm³/mol. The lowest BCUT2D eigenvalue weighted by Crippen LogP contribution is -2.38. The van der Waals surface area contributed by atoms with Gasteiger partial charge in [0.1, 0.15) is 13.1 Å². The number of para-hydroxylation sites is 1. The molecule has 9 nitrogen and oxygen atoms in total. The highest BCUT2D eigenvalue weighted by Gasteiger charge is 2.34. The van der Waals surface area contributed by atoms with Gasteiger partial charge in [0.2, 0.25) is 5.91 Å². The second kappa shape index (κ2) is 7.92. The van der Waals surface area contributed by atoms with Gasteiger partial charge in [-0.25, -0.2) is 13.2 Å². The highest BCUT2D eigenvalue weighted by atomic mass is 32.2. The van der Waals surface area contributed by atoms with Gasteiger partial charge in [0.25, 0.3) is 15.9 Å². The standard InChI is InChI=1S/C19H20N4O5S/c1-21-13-18(25)23(19(21)26)12-17(24)20-14-7-6-10-16(11-14)29(27,28)22(2)15-8-4-3-5-9-15/h3-11H,12-13H2,1-2H3,(H,20,24). The van der Waals surface area contributed by atoms with E-state index in [1.807, 2.05) is 0 Å². The summed E-state index contributed by atoms with van der Waals surface area (Å²) in [7, 11) is -0.931. The molecule has 0 unspecified atom stereocenters. The summed E-state index contributed by atoms with van der Waals surface area (Å²) in [6.45, 7) is -0.519. The van der Waals surface area contributed by atoms with Crippen molar-refractivity contribution >= 4 is 39.2 Å². The molecular formula is C19H20N4O5S. The Labute approximate surface area is 168 Å². The first kappa shape index (κ1) is 20.3. The maximum atomic E-state index is 12.9. The van der Waals surface area contributed by atoms with Crippen LogP contribution in [0, 0.1) is 0 Å². The van der Waals surface area contributed by atoms with Crippen molar-refractivity contribution in [2.45, 2.75) is 4.90 Å². The Kier molecular flexibility index (Phi) is 5.55. The summed E-state index contributed by atoms with van der Waals surface area (Å²) in [5.74, 6) is -1.07. The quantitative estimate of drug-likeness (QED) is 0.715. The molecule has 0 aliphatic carbocycles. The van der Waals surface area contributed by atoms with Crippen LogP contribution in [0.2, 0.25) is 0 Å². The predicted octanol–water partition coefficient (Wildman–Crippen LogP) is 1.34. The fourth-order valence-corrected chi connectivity index (χ4v) is 4.08. The number of nitrogens with one attached hydrogen (secondary N) is 1. The third-order valence-electron chi connectivity index (χ3n) is 4.43. The van der Waals surface area contributed by atoms with Crippen LogP contribution in [0.1, 0.15) is 0 Å². The summed E-state index contributed by atoms with van der Waals surface area (Å²) in [6.07, 6.45) is 0. The zero-order valence-corrected chi connectivity index (χ0v) is 16.7. The number of imide groups is 1. The maximum Gasteiger partial charge on any atom is 0.327 e. The van der Waals surface area contributed by atoms with Crippen LogP contribution >= 0.6 is 0 Å². The van der Waals surface area contributed by atoms with Crippen LogP contribution in [0.5, 0.6) is 0 Å². The van der Waals surface area contributed by atoms with Gasteiger partial charge < -0.3 is 10.2 Å². The van der Waals surface area contributed by atoms with E-state index in [4.69, 9.17) is 0 Å². The fourth-order valence-electron chi connectivity index (χ4n) is 2.84. The first-order valence-electron chi connectivity index (χ1n) is 8.69. The maximum absolute atomic E-state index is 12.9. The number of amides is 4. The molecule has 3 rings (SSSR count). The zero-order valence-electron chi connectivity index (χ0n) is 15.9. The van der Waals surface area contributed by atoms with Crippen molar-refractivity contribution in [1.82, 2.24) is 9.80 Å². The number of anilines is 2. The number of hydrogen-bond donors (Lipinski definition) is 1. The molecule has 10 heteroatoms. The molecule has 1 N–H and O–H groups in total. The summed E-state index contributed by atoms with van der Waals surface area (Å²) in [5.41, 5.74) is 0.738. The summed E-state index contributed by atoms with van der Waals surface area (Å²) in [5, 5.41) is 2.53. The third kappa shape index (κ3) is 4.21. The lowest BCUT2D eigenvalue weighted by molar-refractivity contribution is -0.129. The van der Waals surface area contributed by atoms with Crippen LogP contribution in [0.25, 0.3) is 0 Å². The van der Waals surface area contributed by atoms with Crippen molar-refractivity contribution < 1.29 is 22.8 Å². The number of rotatable bonds is 6. The Morgan fingerprint density at radius 1 is 1.10 bits per heavy atom. The van der Waals surface area contributed by atoms with Gasteiger partial charge in [-0.3, -0.25) is 18.8 Å². The second-order valence-electron chi connectivity index (χ2n) is 6.50. The number of sulfonamides is 1. The van der Waals surface area contributed by atoms with E-state index in [1.165, 1.54) is 43.3 Å². The van der Waals surface area contributed by atoms with E-state index >= 15 is 0 Å². The van der Waals surface area contributed by atoms with E-state index in [9.17, 15) is 22.8 Å². The van der Waals surface area contributed by atoms with Crippen LogP contribution in [0.4, 0.5) is 16.2 Å². The van der Waals surface area contributed by atoms with Crippen LogP contribution in [0.15, 0.2) is 59.5 Å². The van der Waals surface area contributed by atoms with Gasteiger partial charge in [0.05, 0.1) is 10.6 Å². The molecule has 1 aliphatic rings. The molecular weight excluding hydrogens is 396 g/mol. The Hall–Kier alpha value is -3.40. The van der Waals surface area contributed by atoms with Gasteiger partial charge in [0, 0.05) is 19.8 Å². The van der Waals surface area contributed by atoms with E-state index in [1.54, 1.807) is 30.3 Å². The molecule has 0 saturated carbocycles. The molecule has 2 aromatic rings. The topological polar surface area (TPSA) is 107 Å². The monoisotopic (exact) mass is 416 g/mol. The molecule has 0 atom stereocenters. The Bertz CT molecular complexity index is 1060. The van der Waals surface area contributed by atoms with E-state index in [-0.39, 0.29) is 17.1 Å². The van der Waals surface area contributed by atoms with Crippen LogP contribution in [-0.2, 0) is 19.6 Å². The molecule has 4 amide bonds.